The number of carbonyl (C=O) groups is 1. The van der Waals surface area contributed by atoms with Gasteiger partial charge in [0.15, 0.2) is 5.13 Å². The Morgan fingerprint density at radius 2 is 2.14 bits per heavy atom. The van der Waals surface area contributed by atoms with E-state index in [1.165, 1.54) is 29.8 Å². The lowest BCUT2D eigenvalue weighted by atomic mass is 9.89. The van der Waals surface area contributed by atoms with Gasteiger partial charge < -0.3 is 5.32 Å². The van der Waals surface area contributed by atoms with Crippen LogP contribution < -0.4 is 5.32 Å². The van der Waals surface area contributed by atoms with Crippen molar-refractivity contribution in [3.63, 3.8) is 0 Å². The van der Waals surface area contributed by atoms with Gasteiger partial charge in [0.25, 0.3) is 0 Å². The fourth-order valence-corrected chi connectivity index (χ4v) is 4.52. The van der Waals surface area contributed by atoms with Gasteiger partial charge in [-0.15, -0.1) is 11.3 Å². The Kier molecular flexibility index (Phi) is 3.48. The summed E-state index contributed by atoms with van der Waals surface area (Å²) in [5, 5.41) is 8.13. The van der Waals surface area contributed by atoms with Crippen LogP contribution in [0.3, 0.4) is 0 Å². The number of hydrogen-bond acceptors (Lipinski definition) is 4. The Balaban J connectivity index is 1.55. The monoisotopic (exact) mass is 316 g/mol. The predicted octanol–water partition coefficient (Wildman–Crippen LogP) is 3.16. The maximum absolute atomic E-state index is 12.4. The maximum atomic E-state index is 12.4. The normalized spacial score (nSPS) is 17.9. The number of amides is 1. The topological polar surface area (TPSA) is 59.8 Å². The molecule has 2 aliphatic carbocycles. The van der Waals surface area contributed by atoms with Gasteiger partial charge in [0.2, 0.25) is 5.91 Å². The maximum Gasteiger partial charge on any atom is 0.229 e. The molecule has 2 heterocycles. The number of aryl methyl sites for hydroxylation is 2. The van der Waals surface area contributed by atoms with Crippen LogP contribution in [0.25, 0.3) is 11.3 Å². The van der Waals surface area contributed by atoms with Gasteiger partial charge in [-0.05, 0) is 25.7 Å². The highest BCUT2D eigenvalue weighted by Gasteiger charge is 2.26. The van der Waals surface area contributed by atoms with Crippen LogP contribution in [0.5, 0.6) is 0 Å². The van der Waals surface area contributed by atoms with E-state index in [1.807, 2.05) is 17.9 Å². The van der Waals surface area contributed by atoms with Crippen molar-refractivity contribution in [1.29, 1.82) is 0 Å². The second-order valence-electron chi connectivity index (χ2n) is 6.24. The summed E-state index contributed by atoms with van der Waals surface area (Å²) in [6, 6.07) is 0. The summed E-state index contributed by atoms with van der Waals surface area (Å²) in [7, 11) is 1.97. The Morgan fingerprint density at radius 3 is 2.95 bits per heavy atom. The Bertz CT molecular complexity index is 712. The molecular formula is C16H20N4OS. The molecular weight excluding hydrogens is 296 g/mol. The molecule has 0 aliphatic heterocycles. The van der Waals surface area contributed by atoms with Gasteiger partial charge in [-0.25, -0.2) is 4.98 Å². The molecule has 2 aliphatic rings. The van der Waals surface area contributed by atoms with Crippen molar-refractivity contribution in [1.82, 2.24) is 14.8 Å². The van der Waals surface area contributed by atoms with Crippen LogP contribution in [-0.4, -0.2) is 20.7 Å². The fourth-order valence-electron chi connectivity index (χ4n) is 3.55. The highest BCUT2D eigenvalue weighted by Crippen LogP contribution is 2.38. The molecule has 1 saturated carbocycles. The molecule has 116 valence electrons. The van der Waals surface area contributed by atoms with Crippen LogP contribution in [-0.2, 0) is 24.7 Å². The minimum absolute atomic E-state index is 0.150. The van der Waals surface area contributed by atoms with E-state index in [4.69, 9.17) is 0 Å². The molecule has 0 saturated heterocycles. The lowest BCUT2D eigenvalue weighted by Gasteiger charge is -2.19. The number of hydrogen-bond donors (Lipinski definition) is 1. The van der Waals surface area contributed by atoms with Crippen LogP contribution in [0.15, 0.2) is 6.20 Å². The van der Waals surface area contributed by atoms with Gasteiger partial charge in [-0.2, -0.15) is 5.10 Å². The third-order valence-corrected chi connectivity index (χ3v) is 5.84. The summed E-state index contributed by atoms with van der Waals surface area (Å²) in [4.78, 5) is 18.3. The van der Waals surface area contributed by atoms with Crippen molar-refractivity contribution in [2.24, 2.45) is 13.0 Å². The number of anilines is 1. The molecule has 6 heteroatoms. The molecule has 2 aromatic heterocycles. The lowest BCUT2D eigenvalue weighted by molar-refractivity contribution is -0.120. The van der Waals surface area contributed by atoms with Crippen LogP contribution >= 0.6 is 11.3 Å². The molecule has 0 spiro atoms. The van der Waals surface area contributed by atoms with Crippen LogP contribution in [0.4, 0.5) is 5.13 Å². The van der Waals surface area contributed by atoms with E-state index in [0.29, 0.717) is 0 Å². The summed E-state index contributed by atoms with van der Waals surface area (Å²) >= 11 is 1.62. The molecule has 0 bridgehead atoms. The predicted molar refractivity (Wildman–Crippen MR) is 86.9 cm³/mol. The van der Waals surface area contributed by atoms with Crippen molar-refractivity contribution >= 4 is 22.4 Å². The number of thiazole rings is 1. The largest absolute Gasteiger partial charge is 0.302 e. The first-order chi connectivity index (χ1) is 10.7. The van der Waals surface area contributed by atoms with Gasteiger partial charge >= 0.3 is 0 Å². The minimum atomic E-state index is 0.150. The smallest absolute Gasteiger partial charge is 0.229 e. The molecule has 0 radical (unpaired) electrons. The van der Waals surface area contributed by atoms with Crippen LogP contribution in [0.2, 0.25) is 0 Å². The molecule has 1 fully saturated rings. The van der Waals surface area contributed by atoms with Crippen molar-refractivity contribution < 1.29 is 4.79 Å². The first-order valence-corrected chi connectivity index (χ1v) is 8.86. The van der Waals surface area contributed by atoms with Crippen LogP contribution in [0.1, 0.15) is 42.7 Å². The molecule has 0 atom stereocenters. The summed E-state index contributed by atoms with van der Waals surface area (Å²) in [5.41, 5.74) is 3.37. The number of aromatic nitrogens is 3. The van der Waals surface area contributed by atoms with E-state index >= 15 is 0 Å². The third-order valence-electron chi connectivity index (χ3n) is 4.81. The van der Waals surface area contributed by atoms with Crippen molar-refractivity contribution in [3.8, 4) is 11.3 Å². The highest BCUT2D eigenvalue weighted by molar-refractivity contribution is 7.16. The molecule has 22 heavy (non-hydrogen) atoms. The number of rotatable bonds is 2. The van der Waals surface area contributed by atoms with Crippen molar-refractivity contribution in [2.45, 2.75) is 44.9 Å². The Labute approximate surface area is 133 Å². The second-order valence-corrected chi connectivity index (χ2v) is 7.33. The van der Waals surface area contributed by atoms with Gasteiger partial charge in [0.05, 0.1) is 11.9 Å². The van der Waals surface area contributed by atoms with E-state index in [-0.39, 0.29) is 11.8 Å². The lowest BCUT2D eigenvalue weighted by Crippen LogP contribution is -2.24. The second kappa shape index (κ2) is 5.50. The average molecular weight is 316 g/mol. The average Bonchev–Trinajstić information content (AvgIpc) is 3.11. The summed E-state index contributed by atoms with van der Waals surface area (Å²) in [5.74, 6) is 0.320. The minimum Gasteiger partial charge on any atom is -0.302 e. The molecule has 1 N–H and O–H groups in total. The number of nitrogens with one attached hydrogen (secondary N) is 1. The van der Waals surface area contributed by atoms with E-state index in [1.54, 1.807) is 11.3 Å². The first-order valence-electron chi connectivity index (χ1n) is 8.04. The van der Waals surface area contributed by atoms with Crippen LogP contribution in [0, 0.1) is 5.92 Å². The third kappa shape index (κ3) is 2.35. The zero-order chi connectivity index (χ0) is 15.1. The number of nitrogens with zero attached hydrogens (tertiary/aromatic N) is 3. The standard InChI is InChI=1S/C16H20N4OS/c1-20-12-7-8-13-14(11(12)9-17-20)18-16(22-13)19-15(21)10-5-3-2-4-6-10/h9-10H,2-8H2,1H3,(H,18,19,21). The molecule has 4 rings (SSSR count). The zero-order valence-corrected chi connectivity index (χ0v) is 13.6. The molecule has 0 aromatic carbocycles. The summed E-state index contributed by atoms with van der Waals surface area (Å²) in [6.45, 7) is 0. The van der Waals surface area contributed by atoms with E-state index in [9.17, 15) is 4.79 Å². The quantitative estimate of drug-likeness (QED) is 0.926. The molecule has 2 aromatic rings. The number of carbonyl (C=O) groups excluding carboxylic acids is 1. The molecule has 0 unspecified atom stereocenters. The molecule has 5 nitrogen and oxygen atoms in total. The van der Waals surface area contributed by atoms with E-state index < -0.39 is 0 Å². The summed E-state index contributed by atoms with van der Waals surface area (Å²) < 4.78 is 1.93. The zero-order valence-electron chi connectivity index (χ0n) is 12.8. The van der Waals surface area contributed by atoms with Gasteiger partial charge in [0.1, 0.15) is 0 Å². The molecule has 1 amide bonds. The highest BCUT2D eigenvalue weighted by atomic mass is 32.1. The van der Waals surface area contributed by atoms with E-state index in [0.717, 1.165) is 42.1 Å². The Morgan fingerprint density at radius 1 is 1.32 bits per heavy atom. The SMILES string of the molecule is Cn1ncc2c1CCc1sc(NC(=O)C3CCCCC3)nc1-2. The Hall–Kier alpha value is -1.69. The van der Waals surface area contributed by atoms with E-state index in [2.05, 4.69) is 15.4 Å². The van der Waals surface area contributed by atoms with Crippen molar-refractivity contribution in [2.75, 3.05) is 5.32 Å². The van der Waals surface area contributed by atoms with Gasteiger partial charge in [0, 0.05) is 29.1 Å². The number of fused-ring (bicyclic) bond motifs is 3. The summed E-state index contributed by atoms with van der Waals surface area (Å²) in [6.07, 6.45) is 9.51. The van der Waals surface area contributed by atoms with Gasteiger partial charge in [-0.3, -0.25) is 9.48 Å². The fraction of sp³-hybridized carbons (Fsp3) is 0.562. The van der Waals surface area contributed by atoms with Crippen molar-refractivity contribution in [3.05, 3.63) is 16.8 Å². The van der Waals surface area contributed by atoms with Gasteiger partial charge in [-0.1, -0.05) is 19.3 Å². The first kappa shape index (κ1) is 13.9.